The number of aliphatic hydroxyl groups is 1. The fraction of sp³-hybridized carbons (Fsp3) is 0.368. The average molecular weight is 317 g/mol. The van der Waals surface area contributed by atoms with E-state index in [4.69, 9.17) is 0 Å². The summed E-state index contributed by atoms with van der Waals surface area (Å²) in [6, 6.07) is 13.8. The third kappa shape index (κ3) is 5.34. The molecule has 0 saturated carbocycles. The van der Waals surface area contributed by atoms with Crippen LogP contribution in [-0.2, 0) is 6.42 Å². The minimum Gasteiger partial charge on any atom is -0.508 e. The van der Waals surface area contributed by atoms with Gasteiger partial charge in [0.15, 0.2) is 0 Å². The summed E-state index contributed by atoms with van der Waals surface area (Å²) in [5.74, 6) is -0.106. The van der Waals surface area contributed by atoms with Crippen molar-refractivity contribution in [3.63, 3.8) is 0 Å². The Labute approximate surface area is 136 Å². The number of hydrogen-bond donors (Lipinski definition) is 3. The van der Waals surface area contributed by atoms with E-state index in [0.29, 0.717) is 12.1 Å². The topological polar surface area (TPSA) is 52.5 Å². The second kappa shape index (κ2) is 8.65. The summed E-state index contributed by atoms with van der Waals surface area (Å²) in [5.41, 5.74) is 1.49. The maximum absolute atomic E-state index is 13.6. The molecule has 2 rings (SSSR count). The maximum Gasteiger partial charge on any atom is 0.129 e. The highest BCUT2D eigenvalue weighted by atomic mass is 19.1. The van der Waals surface area contributed by atoms with Gasteiger partial charge in [-0.05, 0) is 43.0 Å². The summed E-state index contributed by atoms with van der Waals surface area (Å²) >= 11 is 0. The number of halogens is 1. The van der Waals surface area contributed by atoms with Gasteiger partial charge >= 0.3 is 0 Å². The molecule has 0 amide bonds. The van der Waals surface area contributed by atoms with Crippen LogP contribution in [0.15, 0.2) is 48.5 Å². The van der Waals surface area contributed by atoms with Crippen LogP contribution in [0, 0.1) is 5.82 Å². The number of aryl methyl sites for hydroxylation is 1. The molecule has 0 aliphatic carbocycles. The molecule has 0 heterocycles. The number of nitrogens with one attached hydrogen (secondary N) is 1. The van der Waals surface area contributed by atoms with Crippen LogP contribution in [0.25, 0.3) is 0 Å². The molecule has 124 valence electrons. The molecule has 0 radical (unpaired) electrons. The minimum absolute atomic E-state index is 0.255. The fourth-order valence-electron chi connectivity index (χ4n) is 2.59. The fourth-order valence-corrected chi connectivity index (χ4v) is 2.59. The zero-order chi connectivity index (χ0) is 16.7. The van der Waals surface area contributed by atoms with E-state index in [1.807, 2.05) is 12.1 Å². The monoisotopic (exact) mass is 317 g/mol. The first-order chi connectivity index (χ1) is 11.1. The Bertz CT molecular complexity index is 601. The van der Waals surface area contributed by atoms with Gasteiger partial charge < -0.3 is 15.5 Å². The van der Waals surface area contributed by atoms with E-state index >= 15 is 0 Å². The lowest BCUT2D eigenvalue weighted by Crippen LogP contribution is -2.33. The molecule has 0 spiro atoms. The Morgan fingerprint density at radius 3 is 2.43 bits per heavy atom. The van der Waals surface area contributed by atoms with Crippen LogP contribution in [-0.4, -0.2) is 22.8 Å². The zero-order valence-corrected chi connectivity index (χ0v) is 13.4. The van der Waals surface area contributed by atoms with Crippen molar-refractivity contribution in [2.24, 2.45) is 0 Å². The van der Waals surface area contributed by atoms with E-state index < -0.39 is 6.10 Å². The van der Waals surface area contributed by atoms with Crippen molar-refractivity contribution in [1.82, 2.24) is 5.32 Å². The van der Waals surface area contributed by atoms with E-state index in [1.165, 1.54) is 6.07 Å². The maximum atomic E-state index is 13.6. The van der Waals surface area contributed by atoms with Crippen molar-refractivity contribution in [2.75, 3.05) is 6.54 Å². The highest BCUT2D eigenvalue weighted by molar-refractivity contribution is 5.26. The summed E-state index contributed by atoms with van der Waals surface area (Å²) in [4.78, 5) is 0. The van der Waals surface area contributed by atoms with E-state index in [1.54, 1.807) is 30.3 Å². The van der Waals surface area contributed by atoms with Crippen LogP contribution in [0.3, 0.4) is 0 Å². The van der Waals surface area contributed by atoms with E-state index in [0.717, 1.165) is 24.8 Å². The number of benzene rings is 2. The van der Waals surface area contributed by atoms with Gasteiger partial charge in [-0.15, -0.1) is 0 Å². The van der Waals surface area contributed by atoms with Crippen LogP contribution in [0.4, 0.5) is 4.39 Å². The molecule has 2 aromatic carbocycles. The Kier molecular flexibility index (Phi) is 6.56. The molecule has 0 aliphatic heterocycles. The number of hydrogen-bond acceptors (Lipinski definition) is 3. The van der Waals surface area contributed by atoms with E-state index in [9.17, 15) is 14.6 Å². The quantitative estimate of drug-likeness (QED) is 0.698. The largest absolute Gasteiger partial charge is 0.508 e. The van der Waals surface area contributed by atoms with Gasteiger partial charge in [-0.3, -0.25) is 0 Å². The SMILES string of the molecule is CCC(CCc1ccc(O)cc1)NCC(O)c1ccccc1F. The van der Waals surface area contributed by atoms with Crippen LogP contribution >= 0.6 is 0 Å². The molecular formula is C19H24FNO2. The molecule has 3 nitrogen and oxygen atoms in total. The molecule has 3 N–H and O–H groups in total. The molecule has 0 saturated heterocycles. The Hall–Kier alpha value is -1.91. The summed E-state index contributed by atoms with van der Waals surface area (Å²) in [6.07, 6.45) is 1.90. The summed E-state index contributed by atoms with van der Waals surface area (Å²) in [7, 11) is 0. The number of rotatable bonds is 8. The van der Waals surface area contributed by atoms with Crippen LogP contribution in [0.5, 0.6) is 5.75 Å². The molecule has 0 aliphatic rings. The minimum atomic E-state index is -0.848. The van der Waals surface area contributed by atoms with Gasteiger partial charge in [0.1, 0.15) is 11.6 Å². The number of phenolic OH excluding ortho intramolecular Hbond substituents is 1. The van der Waals surface area contributed by atoms with E-state index in [2.05, 4.69) is 12.2 Å². The van der Waals surface area contributed by atoms with Crippen LogP contribution in [0.1, 0.15) is 37.0 Å². The molecule has 0 aromatic heterocycles. The van der Waals surface area contributed by atoms with Crippen molar-refractivity contribution in [3.8, 4) is 5.75 Å². The number of phenols is 1. The molecule has 2 atom stereocenters. The second-order valence-electron chi connectivity index (χ2n) is 5.76. The van der Waals surface area contributed by atoms with Gasteiger partial charge in [0, 0.05) is 18.2 Å². The molecule has 23 heavy (non-hydrogen) atoms. The first-order valence-corrected chi connectivity index (χ1v) is 8.04. The number of aliphatic hydroxyl groups excluding tert-OH is 1. The van der Waals surface area contributed by atoms with Crippen LogP contribution < -0.4 is 5.32 Å². The van der Waals surface area contributed by atoms with Crippen molar-refractivity contribution in [2.45, 2.75) is 38.3 Å². The smallest absolute Gasteiger partial charge is 0.129 e. The highest BCUT2D eigenvalue weighted by Gasteiger charge is 2.14. The lowest BCUT2D eigenvalue weighted by molar-refractivity contribution is 0.164. The second-order valence-corrected chi connectivity index (χ2v) is 5.76. The number of aromatic hydroxyl groups is 1. The summed E-state index contributed by atoms with van der Waals surface area (Å²) in [6.45, 7) is 2.42. The Balaban J connectivity index is 1.82. The predicted octanol–water partition coefficient (Wildman–Crippen LogP) is 3.57. The molecule has 0 bridgehead atoms. The molecular weight excluding hydrogens is 293 g/mol. The third-order valence-corrected chi connectivity index (χ3v) is 4.07. The van der Waals surface area contributed by atoms with Crippen molar-refractivity contribution >= 4 is 0 Å². The molecule has 2 unspecified atom stereocenters. The van der Waals surface area contributed by atoms with Crippen molar-refractivity contribution < 1.29 is 14.6 Å². The van der Waals surface area contributed by atoms with Gasteiger partial charge in [0.05, 0.1) is 6.10 Å². The van der Waals surface area contributed by atoms with Gasteiger partial charge in [0.25, 0.3) is 0 Å². The molecule has 4 heteroatoms. The average Bonchev–Trinajstić information content (AvgIpc) is 2.56. The first-order valence-electron chi connectivity index (χ1n) is 8.04. The lowest BCUT2D eigenvalue weighted by atomic mass is 10.0. The van der Waals surface area contributed by atoms with Crippen LogP contribution in [0.2, 0.25) is 0 Å². The predicted molar refractivity (Wildman–Crippen MR) is 89.9 cm³/mol. The Morgan fingerprint density at radius 2 is 1.78 bits per heavy atom. The summed E-state index contributed by atoms with van der Waals surface area (Å²) < 4.78 is 13.6. The lowest BCUT2D eigenvalue weighted by Gasteiger charge is -2.20. The zero-order valence-electron chi connectivity index (χ0n) is 13.4. The van der Waals surface area contributed by atoms with Gasteiger partial charge in [-0.25, -0.2) is 4.39 Å². The summed E-state index contributed by atoms with van der Waals surface area (Å²) in [5, 5.41) is 22.7. The van der Waals surface area contributed by atoms with Crippen molar-refractivity contribution in [1.29, 1.82) is 0 Å². The highest BCUT2D eigenvalue weighted by Crippen LogP contribution is 2.17. The first kappa shape index (κ1) is 17.4. The van der Waals surface area contributed by atoms with Gasteiger partial charge in [-0.2, -0.15) is 0 Å². The normalized spacial score (nSPS) is 13.7. The standard InChI is InChI=1S/C19H24FNO2/c1-2-15(10-7-14-8-11-16(22)12-9-14)21-13-19(23)17-5-3-4-6-18(17)20/h3-6,8-9,11-12,15,19,21-23H,2,7,10,13H2,1H3. The van der Waals surface area contributed by atoms with E-state index in [-0.39, 0.29) is 17.6 Å². The Morgan fingerprint density at radius 1 is 1.09 bits per heavy atom. The molecule has 0 fully saturated rings. The molecule has 2 aromatic rings. The van der Waals surface area contributed by atoms with Crippen molar-refractivity contribution in [3.05, 3.63) is 65.5 Å². The van der Waals surface area contributed by atoms with Gasteiger partial charge in [0.2, 0.25) is 0 Å². The third-order valence-electron chi connectivity index (χ3n) is 4.07. The van der Waals surface area contributed by atoms with Gasteiger partial charge in [-0.1, -0.05) is 37.3 Å².